The fraction of sp³-hybridized carbons (Fsp3) is 0.238. The van der Waals surface area contributed by atoms with Gasteiger partial charge in [-0.1, -0.05) is 48.0 Å². The predicted molar refractivity (Wildman–Crippen MR) is 103 cm³/mol. The minimum Gasteiger partial charge on any atom is -0.363 e. The van der Waals surface area contributed by atoms with E-state index in [0.717, 1.165) is 40.8 Å². The van der Waals surface area contributed by atoms with Crippen molar-refractivity contribution in [3.8, 4) is 11.3 Å². The van der Waals surface area contributed by atoms with Gasteiger partial charge in [0, 0.05) is 16.7 Å². The molecule has 0 bridgehead atoms. The Labute approximate surface area is 153 Å². The first-order chi connectivity index (χ1) is 12.2. The number of fused-ring (bicyclic) bond motifs is 1. The maximum atomic E-state index is 5.99. The Morgan fingerprint density at radius 1 is 1.04 bits per heavy atom. The molecule has 1 aliphatic carbocycles. The molecule has 126 valence electrons. The average Bonchev–Trinajstić information content (AvgIpc) is 2.62. The predicted octanol–water partition coefficient (Wildman–Crippen LogP) is 5.59. The molecule has 1 N–H and O–H groups in total. The van der Waals surface area contributed by atoms with E-state index < -0.39 is 0 Å². The van der Waals surface area contributed by atoms with Gasteiger partial charge in [0.05, 0.1) is 11.7 Å². The van der Waals surface area contributed by atoms with Crippen LogP contribution in [0.1, 0.15) is 35.8 Å². The number of hydrogen-bond donors (Lipinski definition) is 1. The highest BCUT2D eigenvalue weighted by molar-refractivity contribution is 6.30. The average molecular weight is 350 g/mol. The maximum absolute atomic E-state index is 5.99. The van der Waals surface area contributed by atoms with Gasteiger partial charge in [-0.05, 0) is 49.4 Å². The van der Waals surface area contributed by atoms with Crippen LogP contribution in [0.25, 0.3) is 11.3 Å². The van der Waals surface area contributed by atoms with Gasteiger partial charge in [0.2, 0.25) is 0 Å². The molecule has 3 nitrogen and oxygen atoms in total. The molecule has 0 radical (unpaired) electrons. The molecule has 1 heterocycles. The standard InChI is InChI=1S/C21H20ClN3/c1-14-23-20(16-9-11-17(22)12-10-16)13-21(24-14)25-19-8-4-6-15-5-2-3-7-18(15)19/h2-3,5,7,9-13,19H,4,6,8H2,1H3,(H,23,24,25). The first kappa shape index (κ1) is 16.1. The first-order valence-electron chi connectivity index (χ1n) is 8.65. The maximum Gasteiger partial charge on any atom is 0.130 e. The topological polar surface area (TPSA) is 37.8 Å². The van der Waals surface area contributed by atoms with Gasteiger partial charge in [0.15, 0.2) is 0 Å². The van der Waals surface area contributed by atoms with Crippen LogP contribution in [0.4, 0.5) is 5.82 Å². The highest BCUT2D eigenvalue weighted by Crippen LogP contribution is 2.32. The van der Waals surface area contributed by atoms with Crippen LogP contribution in [-0.4, -0.2) is 9.97 Å². The van der Waals surface area contributed by atoms with Crippen molar-refractivity contribution >= 4 is 17.4 Å². The second-order valence-corrected chi connectivity index (χ2v) is 6.92. The van der Waals surface area contributed by atoms with Crippen molar-refractivity contribution < 1.29 is 0 Å². The number of nitrogens with one attached hydrogen (secondary N) is 1. The van der Waals surface area contributed by atoms with Gasteiger partial charge in [-0.3, -0.25) is 0 Å². The third kappa shape index (κ3) is 3.52. The van der Waals surface area contributed by atoms with Crippen molar-refractivity contribution in [2.24, 2.45) is 0 Å². The van der Waals surface area contributed by atoms with Crippen LogP contribution in [0.2, 0.25) is 5.02 Å². The molecule has 1 unspecified atom stereocenters. The second-order valence-electron chi connectivity index (χ2n) is 6.48. The molecule has 4 rings (SSSR count). The summed E-state index contributed by atoms with van der Waals surface area (Å²) >= 11 is 5.99. The molecular weight excluding hydrogens is 330 g/mol. The number of nitrogens with zero attached hydrogens (tertiary/aromatic N) is 2. The number of rotatable bonds is 3. The number of anilines is 1. The van der Waals surface area contributed by atoms with E-state index in [2.05, 4.69) is 39.6 Å². The second kappa shape index (κ2) is 6.85. The normalized spacial score (nSPS) is 16.3. The van der Waals surface area contributed by atoms with Crippen molar-refractivity contribution in [3.05, 3.63) is 76.6 Å². The van der Waals surface area contributed by atoms with Crippen molar-refractivity contribution in [2.75, 3.05) is 5.32 Å². The van der Waals surface area contributed by atoms with E-state index in [0.29, 0.717) is 6.04 Å². The van der Waals surface area contributed by atoms with E-state index in [9.17, 15) is 0 Å². The van der Waals surface area contributed by atoms with Crippen molar-refractivity contribution in [1.29, 1.82) is 0 Å². The van der Waals surface area contributed by atoms with Crippen LogP contribution in [0, 0.1) is 6.92 Å². The van der Waals surface area contributed by atoms with E-state index in [1.807, 2.05) is 37.3 Å². The van der Waals surface area contributed by atoms with E-state index in [-0.39, 0.29) is 0 Å². The smallest absolute Gasteiger partial charge is 0.130 e. The number of aryl methyl sites for hydroxylation is 2. The summed E-state index contributed by atoms with van der Waals surface area (Å²) in [6.07, 6.45) is 3.48. The summed E-state index contributed by atoms with van der Waals surface area (Å²) in [7, 11) is 0. The molecule has 1 aromatic heterocycles. The van der Waals surface area contributed by atoms with Crippen LogP contribution in [0.15, 0.2) is 54.6 Å². The molecule has 0 saturated carbocycles. The Hall–Kier alpha value is -2.39. The Bertz CT molecular complexity index is 890. The van der Waals surface area contributed by atoms with Crippen molar-refractivity contribution in [1.82, 2.24) is 9.97 Å². The summed E-state index contributed by atoms with van der Waals surface area (Å²) in [4.78, 5) is 9.17. The summed E-state index contributed by atoms with van der Waals surface area (Å²) in [5, 5.41) is 4.35. The lowest BCUT2D eigenvalue weighted by atomic mass is 9.88. The lowest BCUT2D eigenvalue weighted by molar-refractivity contribution is 0.598. The molecule has 25 heavy (non-hydrogen) atoms. The summed E-state index contributed by atoms with van der Waals surface area (Å²) in [5.74, 6) is 1.64. The largest absolute Gasteiger partial charge is 0.363 e. The molecule has 4 heteroatoms. The van der Waals surface area contributed by atoms with Gasteiger partial charge in [0.25, 0.3) is 0 Å². The van der Waals surface area contributed by atoms with Gasteiger partial charge in [-0.25, -0.2) is 9.97 Å². The van der Waals surface area contributed by atoms with Gasteiger partial charge in [-0.2, -0.15) is 0 Å². The zero-order chi connectivity index (χ0) is 17.2. The summed E-state index contributed by atoms with van der Waals surface area (Å²) in [6, 6.07) is 18.8. The molecule has 0 aliphatic heterocycles. The van der Waals surface area contributed by atoms with Gasteiger partial charge < -0.3 is 5.32 Å². The van der Waals surface area contributed by atoms with E-state index >= 15 is 0 Å². The molecule has 0 amide bonds. The van der Waals surface area contributed by atoms with Crippen molar-refractivity contribution in [3.63, 3.8) is 0 Å². The number of benzene rings is 2. The quantitative estimate of drug-likeness (QED) is 0.669. The molecule has 1 atom stereocenters. The third-order valence-electron chi connectivity index (χ3n) is 4.67. The third-order valence-corrected chi connectivity index (χ3v) is 4.92. The molecular formula is C21H20ClN3. The Morgan fingerprint density at radius 3 is 2.68 bits per heavy atom. The van der Waals surface area contributed by atoms with E-state index in [4.69, 9.17) is 11.6 Å². The zero-order valence-electron chi connectivity index (χ0n) is 14.2. The first-order valence-corrected chi connectivity index (χ1v) is 9.03. The lowest BCUT2D eigenvalue weighted by Gasteiger charge is -2.27. The number of hydrogen-bond acceptors (Lipinski definition) is 3. The molecule has 1 aliphatic rings. The van der Waals surface area contributed by atoms with Gasteiger partial charge >= 0.3 is 0 Å². The fourth-order valence-electron chi connectivity index (χ4n) is 3.49. The SMILES string of the molecule is Cc1nc(NC2CCCc3ccccc32)cc(-c2ccc(Cl)cc2)n1. The molecule has 0 fully saturated rings. The van der Waals surface area contributed by atoms with Crippen LogP contribution >= 0.6 is 11.6 Å². The number of halogens is 1. The lowest BCUT2D eigenvalue weighted by Crippen LogP contribution is -2.18. The molecule has 0 saturated heterocycles. The summed E-state index contributed by atoms with van der Waals surface area (Å²) in [5.41, 5.74) is 4.78. The summed E-state index contributed by atoms with van der Waals surface area (Å²) in [6.45, 7) is 1.93. The van der Waals surface area contributed by atoms with Crippen LogP contribution < -0.4 is 5.32 Å². The van der Waals surface area contributed by atoms with Gasteiger partial charge in [0.1, 0.15) is 11.6 Å². The summed E-state index contributed by atoms with van der Waals surface area (Å²) < 4.78 is 0. The van der Waals surface area contributed by atoms with E-state index in [1.54, 1.807) is 0 Å². The molecule has 0 spiro atoms. The fourth-order valence-corrected chi connectivity index (χ4v) is 3.62. The highest BCUT2D eigenvalue weighted by atomic mass is 35.5. The van der Waals surface area contributed by atoms with E-state index in [1.165, 1.54) is 17.5 Å². The highest BCUT2D eigenvalue weighted by Gasteiger charge is 2.20. The van der Waals surface area contributed by atoms with Crippen molar-refractivity contribution in [2.45, 2.75) is 32.2 Å². The van der Waals surface area contributed by atoms with Crippen LogP contribution in [-0.2, 0) is 6.42 Å². The van der Waals surface area contributed by atoms with Crippen LogP contribution in [0.3, 0.4) is 0 Å². The molecule has 3 aromatic rings. The Morgan fingerprint density at radius 2 is 1.84 bits per heavy atom. The minimum absolute atomic E-state index is 0.303. The molecule has 2 aromatic carbocycles. The Kier molecular flexibility index (Phi) is 4.41. The Balaban J connectivity index is 1.65. The van der Waals surface area contributed by atoms with Crippen LogP contribution in [0.5, 0.6) is 0 Å². The van der Waals surface area contributed by atoms with Gasteiger partial charge in [-0.15, -0.1) is 0 Å². The zero-order valence-corrected chi connectivity index (χ0v) is 14.9. The monoisotopic (exact) mass is 349 g/mol. The number of aromatic nitrogens is 2. The minimum atomic E-state index is 0.303.